The number of hydrogen-bond donors (Lipinski definition) is 1. The monoisotopic (exact) mass is 643 g/mol. The molecule has 3 heterocycles. The Morgan fingerprint density at radius 3 is 2.22 bits per heavy atom. The summed E-state index contributed by atoms with van der Waals surface area (Å²) in [5.41, 5.74) is -0.529. The van der Waals surface area contributed by atoms with Crippen LogP contribution < -0.4 is 4.90 Å². The Morgan fingerprint density at radius 2 is 1.60 bits per heavy atom. The van der Waals surface area contributed by atoms with Crippen molar-refractivity contribution in [2.24, 2.45) is 17.3 Å². The number of ether oxygens (including phenoxy) is 2. The summed E-state index contributed by atoms with van der Waals surface area (Å²) in [7, 11) is 0. The van der Waals surface area contributed by atoms with E-state index in [0.29, 0.717) is 48.8 Å². The van der Waals surface area contributed by atoms with Crippen molar-refractivity contribution < 1.29 is 33.8 Å². The SMILES string of the molecule is CC(C)(C)C#Cc1cc(N(C(=O)[C@H]2CC[C@H](C)CC2)[C@H]2CCN(C(=O)O[C@@H]3CCCN(C(=O)OC(C)(C)C)C3)C2)c(C(=O)O)s1. The second kappa shape index (κ2) is 14.0. The summed E-state index contributed by atoms with van der Waals surface area (Å²) in [5.74, 6) is 5.45. The predicted molar refractivity (Wildman–Crippen MR) is 174 cm³/mol. The van der Waals surface area contributed by atoms with E-state index in [1.54, 1.807) is 20.8 Å². The van der Waals surface area contributed by atoms with Crippen LogP contribution >= 0.6 is 11.3 Å². The number of carboxylic acid groups (broad SMARTS) is 1. The van der Waals surface area contributed by atoms with Crippen LogP contribution in [0, 0.1) is 29.1 Å². The Hall–Kier alpha value is -3.26. The molecule has 1 N–H and O–H groups in total. The first-order chi connectivity index (χ1) is 21.0. The van der Waals surface area contributed by atoms with E-state index in [2.05, 4.69) is 18.8 Å². The summed E-state index contributed by atoms with van der Waals surface area (Å²) in [6, 6.07) is 1.33. The number of piperidine rings is 1. The molecule has 45 heavy (non-hydrogen) atoms. The maximum Gasteiger partial charge on any atom is 0.410 e. The molecule has 0 aromatic carbocycles. The van der Waals surface area contributed by atoms with Crippen LogP contribution in [0.4, 0.5) is 15.3 Å². The predicted octanol–water partition coefficient (Wildman–Crippen LogP) is 6.61. The maximum absolute atomic E-state index is 14.2. The molecule has 11 heteroatoms. The molecule has 1 aromatic heterocycles. The third-order valence-corrected chi connectivity index (χ3v) is 9.44. The van der Waals surface area contributed by atoms with Gasteiger partial charge in [-0.25, -0.2) is 14.4 Å². The van der Waals surface area contributed by atoms with Gasteiger partial charge < -0.3 is 29.3 Å². The molecule has 3 aliphatic rings. The minimum atomic E-state index is -1.10. The average Bonchev–Trinajstić information content (AvgIpc) is 3.60. The molecule has 1 aliphatic carbocycles. The van der Waals surface area contributed by atoms with Crippen LogP contribution in [0.2, 0.25) is 0 Å². The van der Waals surface area contributed by atoms with Crippen LogP contribution in [0.25, 0.3) is 0 Å². The molecule has 10 nitrogen and oxygen atoms in total. The van der Waals surface area contributed by atoms with E-state index in [-0.39, 0.29) is 35.2 Å². The van der Waals surface area contributed by atoms with Gasteiger partial charge >= 0.3 is 18.2 Å². The highest BCUT2D eigenvalue weighted by molar-refractivity contribution is 7.15. The van der Waals surface area contributed by atoms with Crippen molar-refractivity contribution in [1.82, 2.24) is 9.80 Å². The molecule has 2 aliphatic heterocycles. The molecule has 248 valence electrons. The first-order valence-corrected chi connectivity index (χ1v) is 17.0. The molecule has 2 atom stereocenters. The van der Waals surface area contributed by atoms with E-state index < -0.39 is 35.9 Å². The molecular formula is C34H49N3O7S. The van der Waals surface area contributed by atoms with Gasteiger partial charge in [0.05, 0.1) is 23.2 Å². The first-order valence-electron chi connectivity index (χ1n) is 16.2. The maximum atomic E-state index is 14.2. The lowest BCUT2D eigenvalue weighted by Gasteiger charge is -2.35. The lowest BCUT2D eigenvalue weighted by Crippen LogP contribution is -2.48. The van der Waals surface area contributed by atoms with Gasteiger partial charge in [-0.05, 0) is 98.5 Å². The Labute approximate surface area is 271 Å². The van der Waals surface area contributed by atoms with E-state index in [4.69, 9.17) is 9.47 Å². The number of amides is 3. The number of carbonyl (C=O) groups is 4. The van der Waals surface area contributed by atoms with Crippen molar-refractivity contribution in [3.63, 3.8) is 0 Å². The lowest BCUT2D eigenvalue weighted by atomic mass is 9.82. The Bertz CT molecular complexity index is 1320. The molecule has 1 aromatic rings. The Morgan fingerprint density at radius 1 is 0.933 bits per heavy atom. The van der Waals surface area contributed by atoms with Gasteiger partial charge in [0.1, 0.15) is 16.6 Å². The van der Waals surface area contributed by atoms with Gasteiger partial charge in [0.25, 0.3) is 0 Å². The molecule has 3 fully saturated rings. The summed E-state index contributed by atoms with van der Waals surface area (Å²) < 4.78 is 11.4. The van der Waals surface area contributed by atoms with Gasteiger partial charge in [-0.15, -0.1) is 11.3 Å². The second-order valence-corrected chi connectivity index (χ2v) is 15.8. The number of nitrogens with zero attached hydrogens (tertiary/aromatic N) is 3. The van der Waals surface area contributed by atoms with Gasteiger partial charge in [-0.3, -0.25) is 4.79 Å². The van der Waals surface area contributed by atoms with Gasteiger partial charge in [0.15, 0.2) is 0 Å². The minimum absolute atomic E-state index is 0.0798. The van der Waals surface area contributed by atoms with E-state index in [0.717, 1.165) is 37.0 Å². The van der Waals surface area contributed by atoms with E-state index in [1.165, 1.54) is 0 Å². The van der Waals surface area contributed by atoms with Crippen LogP contribution in [-0.4, -0.2) is 82.9 Å². The number of rotatable bonds is 5. The number of likely N-dealkylation sites (tertiary alicyclic amines) is 2. The highest BCUT2D eigenvalue weighted by Gasteiger charge is 2.41. The highest BCUT2D eigenvalue weighted by atomic mass is 32.1. The number of thiophene rings is 1. The van der Waals surface area contributed by atoms with Crippen LogP contribution in [0.15, 0.2) is 6.07 Å². The molecule has 0 bridgehead atoms. The van der Waals surface area contributed by atoms with Gasteiger partial charge in [0, 0.05) is 31.0 Å². The topological polar surface area (TPSA) is 117 Å². The van der Waals surface area contributed by atoms with Crippen LogP contribution in [0.5, 0.6) is 0 Å². The lowest BCUT2D eigenvalue weighted by molar-refractivity contribution is -0.124. The molecule has 4 rings (SSSR count). The molecule has 3 amide bonds. The zero-order valence-electron chi connectivity index (χ0n) is 27.8. The van der Waals surface area contributed by atoms with Gasteiger partial charge in [0.2, 0.25) is 5.91 Å². The normalized spacial score (nSPS) is 24.0. The second-order valence-electron chi connectivity index (χ2n) is 14.8. The van der Waals surface area contributed by atoms with Crippen LogP contribution in [0.1, 0.15) is 108 Å². The fourth-order valence-electron chi connectivity index (χ4n) is 6.09. The molecule has 0 unspecified atom stereocenters. The highest BCUT2D eigenvalue weighted by Crippen LogP contribution is 2.38. The van der Waals surface area contributed by atoms with Crippen molar-refractivity contribution in [2.75, 3.05) is 31.1 Å². The Kier molecular flexibility index (Phi) is 10.8. The largest absolute Gasteiger partial charge is 0.477 e. The smallest absolute Gasteiger partial charge is 0.410 e. The number of hydrogen-bond acceptors (Lipinski definition) is 7. The quantitative estimate of drug-likeness (QED) is 0.359. The van der Waals surface area contributed by atoms with E-state index in [1.807, 2.05) is 41.5 Å². The van der Waals surface area contributed by atoms with Crippen LogP contribution in [0.3, 0.4) is 0 Å². The van der Waals surface area contributed by atoms with Crippen molar-refractivity contribution >= 4 is 41.1 Å². The Balaban J connectivity index is 1.53. The summed E-state index contributed by atoms with van der Waals surface area (Å²) in [4.78, 5) is 58.1. The molecule has 0 radical (unpaired) electrons. The van der Waals surface area contributed by atoms with Crippen molar-refractivity contribution in [1.29, 1.82) is 0 Å². The van der Waals surface area contributed by atoms with Crippen molar-refractivity contribution in [3.8, 4) is 11.8 Å². The van der Waals surface area contributed by atoms with Crippen molar-refractivity contribution in [3.05, 3.63) is 15.8 Å². The summed E-state index contributed by atoms with van der Waals surface area (Å²) >= 11 is 1.08. The third kappa shape index (κ3) is 9.38. The van der Waals surface area contributed by atoms with E-state index >= 15 is 0 Å². The zero-order valence-corrected chi connectivity index (χ0v) is 28.6. The molecular weight excluding hydrogens is 594 g/mol. The minimum Gasteiger partial charge on any atom is -0.477 e. The van der Waals surface area contributed by atoms with Gasteiger partial charge in [-0.1, -0.05) is 18.8 Å². The summed E-state index contributed by atoms with van der Waals surface area (Å²) in [5, 5.41) is 10.2. The summed E-state index contributed by atoms with van der Waals surface area (Å²) in [6.45, 7) is 15.0. The fraction of sp³-hybridized carbons (Fsp3) is 0.706. The summed E-state index contributed by atoms with van der Waals surface area (Å²) in [6.07, 6.45) is 3.87. The number of anilines is 1. The van der Waals surface area contributed by atoms with E-state index in [9.17, 15) is 24.3 Å². The molecule has 1 saturated carbocycles. The van der Waals surface area contributed by atoms with Crippen molar-refractivity contribution in [2.45, 2.75) is 111 Å². The fourth-order valence-corrected chi connectivity index (χ4v) is 6.93. The number of aromatic carboxylic acids is 1. The standard InChI is InChI=1S/C34H49N3O7S/c1-22-10-12-23(13-11-22)29(38)37(27-19-26(14-16-33(2,3)4)45-28(27)30(39)40)24-15-18-36(20-24)31(41)43-25-9-8-17-35(21-25)32(42)44-34(5,6)7/h19,22-25H,8-13,15,17-18,20-21H2,1-7H3,(H,39,40)/t22-,23-,24-,25+/m0/s1. The third-order valence-electron chi connectivity index (χ3n) is 8.41. The van der Waals surface area contributed by atoms with Gasteiger partial charge in [-0.2, -0.15) is 0 Å². The zero-order chi connectivity index (χ0) is 33.1. The first kappa shape index (κ1) is 34.6. The average molecular weight is 644 g/mol. The molecule has 2 saturated heterocycles. The van der Waals surface area contributed by atoms with Crippen LogP contribution in [-0.2, 0) is 14.3 Å². The number of carboxylic acids is 1. The molecule has 0 spiro atoms. The number of carbonyl (C=O) groups excluding carboxylic acids is 3.